The van der Waals surface area contributed by atoms with E-state index in [1.807, 2.05) is 18.2 Å². The van der Waals surface area contributed by atoms with Gasteiger partial charge in [-0.2, -0.15) is 0 Å². The Morgan fingerprint density at radius 3 is 2.43 bits per heavy atom. The maximum absolute atomic E-state index is 11.4. The van der Waals surface area contributed by atoms with Crippen LogP contribution in [-0.2, 0) is 16.2 Å². The first-order valence-electron chi connectivity index (χ1n) is 4.61. The summed E-state index contributed by atoms with van der Waals surface area (Å²) in [7, 11) is -0.933. The largest absolute Gasteiger partial charge is 0.255 e. The molecule has 76 valence electrons. The average molecular weight is 208 g/mol. The third-order valence-electron chi connectivity index (χ3n) is 2.24. The molecule has 0 aliphatic rings. The molecule has 0 aromatic heterocycles. The number of rotatable bonds is 4. The Bertz CT molecular complexity index is 327. The summed E-state index contributed by atoms with van der Waals surface area (Å²) >= 11 is 0. The van der Waals surface area contributed by atoms with Gasteiger partial charge in [-0.25, -0.2) is 0 Å². The summed E-state index contributed by atoms with van der Waals surface area (Å²) in [6.07, 6.45) is 0. The predicted molar refractivity (Wildman–Crippen MR) is 62.7 cm³/mol. The van der Waals surface area contributed by atoms with Gasteiger partial charge >= 0.3 is 0 Å². The van der Waals surface area contributed by atoms with Crippen molar-refractivity contribution < 1.29 is 4.21 Å². The topological polar surface area (TPSA) is 17.1 Å². The Morgan fingerprint density at radius 2 is 1.93 bits per heavy atom. The average Bonchev–Trinajstić information content (AvgIpc) is 2.18. The molecule has 0 amide bonds. The van der Waals surface area contributed by atoms with Crippen LogP contribution in [-0.4, -0.2) is 9.96 Å². The molecule has 0 aliphatic carbocycles. The summed E-state index contributed by atoms with van der Waals surface area (Å²) in [5.41, 5.74) is 1.16. The molecule has 0 unspecified atom stereocenters. The van der Waals surface area contributed by atoms with E-state index in [1.54, 1.807) is 0 Å². The van der Waals surface area contributed by atoms with Crippen LogP contribution in [0.15, 0.2) is 42.3 Å². The molecule has 0 radical (unpaired) electrons. The van der Waals surface area contributed by atoms with Crippen LogP contribution in [0.5, 0.6) is 0 Å². The van der Waals surface area contributed by atoms with Gasteiger partial charge in [0, 0.05) is 22.0 Å². The monoisotopic (exact) mass is 208 g/mol. The van der Waals surface area contributed by atoms with Crippen LogP contribution >= 0.6 is 0 Å². The summed E-state index contributed by atoms with van der Waals surface area (Å²) in [6, 6.07) is 10.1. The zero-order valence-corrected chi connectivity index (χ0v) is 9.51. The summed E-state index contributed by atoms with van der Waals surface area (Å²) in [5.74, 6) is 0.626. The van der Waals surface area contributed by atoms with E-state index in [-0.39, 0.29) is 5.41 Å². The van der Waals surface area contributed by atoms with Crippen molar-refractivity contribution in [2.75, 3.05) is 5.75 Å². The summed E-state index contributed by atoms with van der Waals surface area (Å²) in [6.45, 7) is 7.74. The normalized spacial score (nSPS) is 13.6. The van der Waals surface area contributed by atoms with Gasteiger partial charge < -0.3 is 0 Å². The van der Waals surface area contributed by atoms with Gasteiger partial charge in [-0.15, -0.1) is 0 Å². The lowest BCUT2D eigenvalue weighted by atomic mass is 9.87. The molecule has 0 saturated heterocycles. The summed E-state index contributed by atoms with van der Waals surface area (Å²) < 4.78 is 11.4. The van der Waals surface area contributed by atoms with E-state index in [0.717, 1.165) is 0 Å². The van der Waals surface area contributed by atoms with E-state index in [1.165, 1.54) is 11.0 Å². The van der Waals surface area contributed by atoms with E-state index in [9.17, 15) is 4.21 Å². The molecule has 1 nitrogen and oxygen atoms in total. The predicted octanol–water partition coefficient (Wildman–Crippen LogP) is 2.86. The summed E-state index contributed by atoms with van der Waals surface area (Å²) in [4.78, 5) is 0. The van der Waals surface area contributed by atoms with Crippen molar-refractivity contribution in [3.8, 4) is 0 Å². The lowest BCUT2D eigenvalue weighted by Gasteiger charge is -2.23. The second-order valence-electron chi connectivity index (χ2n) is 3.94. The SMILES string of the molecule is C=C[S@@](=O)CC(C)(C)c1ccccc1. The molecule has 0 saturated carbocycles. The Balaban J connectivity index is 2.85. The van der Waals surface area contributed by atoms with Crippen molar-refractivity contribution in [3.05, 3.63) is 47.9 Å². The van der Waals surface area contributed by atoms with Crippen LogP contribution in [0.25, 0.3) is 0 Å². The highest BCUT2D eigenvalue weighted by Crippen LogP contribution is 2.23. The third-order valence-corrected chi connectivity index (χ3v) is 3.62. The number of hydrogen-bond donors (Lipinski definition) is 0. The van der Waals surface area contributed by atoms with E-state index >= 15 is 0 Å². The minimum atomic E-state index is -0.933. The van der Waals surface area contributed by atoms with Crippen molar-refractivity contribution in [1.29, 1.82) is 0 Å². The molecule has 0 aliphatic heterocycles. The van der Waals surface area contributed by atoms with Crippen LogP contribution in [0.3, 0.4) is 0 Å². The van der Waals surface area contributed by atoms with Crippen LogP contribution < -0.4 is 0 Å². The molecule has 0 spiro atoms. The standard InChI is InChI=1S/C12H16OS/c1-4-14(13)10-12(2,3)11-8-6-5-7-9-11/h4-9H,1,10H2,2-3H3/t14-/m1/s1. The highest BCUT2D eigenvalue weighted by molar-refractivity contribution is 7.88. The van der Waals surface area contributed by atoms with E-state index in [2.05, 4.69) is 32.6 Å². The van der Waals surface area contributed by atoms with Crippen LogP contribution in [0.2, 0.25) is 0 Å². The van der Waals surface area contributed by atoms with E-state index < -0.39 is 10.8 Å². The van der Waals surface area contributed by atoms with Crippen LogP contribution in [0, 0.1) is 0 Å². The van der Waals surface area contributed by atoms with Gasteiger partial charge in [-0.1, -0.05) is 50.8 Å². The summed E-state index contributed by atoms with van der Waals surface area (Å²) in [5, 5.41) is 1.50. The van der Waals surface area contributed by atoms with E-state index in [0.29, 0.717) is 5.75 Å². The second-order valence-corrected chi connectivity index (χ2v) is 5.33. The first-order chi connectivity index (χ1) is 6.56. The molecule has 0 fully saturated rings. The van der Waals surface area contributed by atoms with Gasteiger partial charge in [-0.3, -0.25) is 4.21 Å². The lowest BCUT2D eigenvalue weighted by molar-refractivity contribution is 0.588. The highest BCUT2D eigenvalue weighted by atomic mass is 32.2. The van der Waals surface area contributed by atoms with Gasteiger partial charge in [0.1, 0.15) is 0 Å². The van der Waals surface area contributed by atoms with Crippen molar-refractivity contribution in [2.45, 2.75) is 19.3 Å². The van der Waals surface area contributed by atoms with Crippen molar-refractivity contribution in [2.24, 2.45) is 0 Å². The minimum Gasteiger partial charge on any atom is -0.255 e. The maximum Gasteiger partial charge on any atom is 0.0458 e. The van der Waals surface area contributed by atoms with E-state index in [4.69, 9.17) is 0 Å². The molecule has 1 aromatic carbocycles. The zero-order valence-electron chi connectivity index (χ0n) is 8.69. The first-order valence-corrected chi connectivity index (χ1v) is 6.00. The molecule has 0 N–H and O–H groups in total. The molecular weight excluding hydrogens is 192 g/mol. The molecule has 14 heavy (non-hydrogen) atoms. The zero-order chi connectivity index (χ0) is 10.6. The van der Waals surface area contributed by atoms with Gasteiger partial charge in [0.15, 0.2) is 0 Å². The Hall–Kier alpha value is -0.890. The van der Waals surface area contributed by atoms with Gasteiger partial charge in [0.25, 0.3) is 0 Å². The molecule has 1 atom stereocenters. The smallest absolute Gasteiger partial charge is 0.0458 e. The van der Waals surface area contributed by atoms with Crippen molar-refractivity contribution >= 4 is 10.8 Å². The van der Waals surface area contributed by atoms with Gasteiger partial charge in [-0.05, 0) is 11.0 Å². The molecule has 2 heteroatoms. The fraction of sp³-hybridized carbons (Fsp3) is 0.333. The molecule has 1 rings (SSSR count). The molecular formula is C12H16OS. The highest BCUT2D eigenvalue weighted by Gasteiger charge is 2.21. The van der Waals surface area contributed by atoms with Crippen LogP contribution in [0.4, 0.5) is 0 Å². The van der Waals surface area contributed by atoms with Crippen LogP contribution in [0.1, 0.15) is 19.4 Å². The molecule has 0 heterocycles. The van der Waals surface area contributed by atoms with Gasteiger partial charge in [0.2, 0.25) is 0 Å². The minimum absolute atomic E-state index is 0.0552. The fourth-order valence-corrected chi connectivity index (χ4v) is 2.38. The number of benzene rings is 1. The van der Waals surface area contributed by atoms with Gasteiger partial charge in [0.05, 0.1) is 0 Å². The third kappa shape index (κ3) is 2.81. The fourth-order valence-electron chi connectivity index (χ4n) is 1.39. The van der Waals surface area contributed by atoms with Crippen molar-refractivity contribution in [3.63, 3.8) is 0 Å². The molecule has 0 bridgehead atoms. The Labute approximate surface area is 88.3 Å². The maximum atomic E-state index is 11.4. The molecule has 1 aromatic rings. The first kappa shape index (κ1) is 11.2. The number of hydrogen-bond acceptors (Lipinski definition) is 1. The quantitative estimate of drug-likeness (QED) is 0.743. The van der Waals surface area contributed by atoms with Crippen molar-refractivity contribution in [1.82, 2.24) is 0 Å². The second kappa shape index (κ2) is 4.56. The Morgan fingerprint density at radius 1 is 1.36 bits per heavy atom. The lowest BCUT2D eigenvalue weighted by Crippen LogP contribution is -2.24. The Kier molecular flexibility index (Phi) is 3.64.